The van der Waals surface area contributed by atoms with Gasteiger partial charge in [0.1, 0.15) is 5.69 Å². The molecule has 3 fully saturated rings. The maximum absolute atomic E-state index is 13.2. The Morgan fingerprint density at radius 3 is 2.34 bits per heavy atom. The van der Waals surface area contributed by atoms with Gasteiger partial charge in [0.05, 0.1) is 11.3 Å². The van der Waals surface area contributed by atoms with Gasteiger partial charge in [-0.05, 0) is 87.0 Å². The second-order valence-corrected chi connectivity index (χ2v) is 14.7. The molecule has 3 aliphatic rings. The number of hydrogen-bond donors (Lipinski definition) is 2. The summed E-state index contributed by atoms with van der Waals surface area (Å²) in [6.07, 6.45) is 5.53. The smallest absolute Gasteiger partial charge is 0.284 e. The van der Waals surface area contributed by atoms with Gasteiger partial charge in [-0.15, -0.1) is 11.3 Å². The summed E-state index contributed by atoms with van der Waals surface area (Å²) in [5.41, 5.74) is 4.96. The number of carbonyl (C=O) groups is 2. The third-order valence-corrected chi connectivity index (χ3v) is 11.3. The topological polar surface area (TPSA) is 108 Å². The minimum absolute atomic E-state index is 0.00937. The van der Waals surface area contributed by atoms with Crippen LogP contribution in [0.2, 0.25) is 0 Å². The summed E-state index contributed by atoms with van der Waals surface area (Å²) in [6, 6.07) is 14.1. The molecule has 3 aromatic rings. The van der Waals surface area contributed by atoms with E-state index in [0.717, 1.165) is 51.6 Å². The highest BCUT2D eigenvalue weighted by Crippen LogP contribution is 2.48. The van der Waals surface area contributed by atoms with Crippen LogP contribution in [0.5, 0.6) is 0 Å². The zero-order chi connectivity index (χ0) is 28.9. The van der Waals surface area contributed by atoms with Crippen LogP contribution in [-0.4, -0.2) is 44.1 Å². The monoisotopic (exact) mass is 592 g/mol. The summed E-state index contributed by atoms with van der Waals surface area (Å²) in [4.78, 5) is 33.6. The quantitative estimate of drug-likeness (QED) is 0.302. The fourth-order valence-corrected chi connectivity index (χ4v) is 7.80. The lowest BCUT2D eigenvalue weighted by molar-refractivity contribution is 0.0959. The molecule has 10 heteroatoms. The SMILES string of the molecule is CNC(=O)c1ccc(C)cc1-c1ccc([C@@H](C)N(CC2CC2)c2nc(C(=O)NS(=O)(=O)C3CC3)c(C3CC3)s2)cc1. The number of nitrogens with zero attached hydrogens (tertiary/aromatic N) is 2. The van der Waals surface area contributed by atoms with Crippen LogP contribution in [-0.2, 0) is 10.0 Å². The summed E-state index contributed by atoms with van der Waals surface area (Å²) >= 11 is 1.53. The van der Waals surface area contributed by atoms with E-state index >= 15 is 0 Å². The number of aromatic nitrogens is 1. The minimum Gasteiger partial charge on any atom is -0.355 e. The third kappa shape index (κ3) is 6.04. The Bertz CT molecular complexity index is 1590. The number of hydrogen-bond acceptors (Lipinski definition) is 7. The average molecular weight is 593 g/mol. The first-order valence-electron chi connectivity index (χ1n) is 14.4. The van der Waals surface area contributed by atoms with Crippen molar-refractivity contribution in [2.45, 2.75) is 69.6 Å². The molecule has 0 spiro atoms. The van der Waals surface area contributed by atoms with Crippen molar-refractivity contribution < 1.29 is 18.0 Å². The predicted octanol–water partition coefficient (Wildman–Crippen LogP) is 5.56. The van der Waals surface area contributed by atoms with Crippen LogP contribution in [0, 0.1) is 12.8 Å². The zero-order valence-corrected chi connectivity index (χ0v) is 25.3. The maximum Gasteiger partial charge on any atom is 0.284 e. The molecule has 3 saturated carbocycles. The molecule has 2 amide bonds. The first kappa shape index (κ1) is 27.9. The van der Waals surface area contributed by atoms with Crippen LogP contribution in [0.15, 0.2) is 42.5 Å². The van der Waals surface area contributed by atoms with Crippen molar-refractivity contribution in [3.8, 4) is 11.1 Å². The van der Waals surface area contributed by atoms with E-state index in [0.29, 0.717) is 24.3 Å². The molecule has 3 aliphatic carbocycles. The van der Waals surface area contributed by atoms with Gasteiger partial charge in [-0.1, -0.05) is 42.0 Å². The second-order valence-electron chi connectivity index (χ2n) is 11.7. The molecular weight excluding hydrogens is 556 g/mol. The summed E-state index contributed by atoms with van der Waals surface area (Å²) in [6.45, 7) is 5.00. The third-order valence-electron chi connectivity index (χ3n) is 8.22. The van der Waals surface area contributed by atoms with Gasteiger partial charge in [-0.2, -0.15) is 0 Å². The predicted molar refractivity (Wildman–Crippen MR) is 162 cm³/mol. The van der Waals surface area contributed by atoms with Gasteiger partial charge in [0.2, 0.25) is 10.0 Å². The highest BCUT2D eigenvalue weighted by atomic mass is 32.2. The maximum atomic E-state index is 13.2. The fourth-order valence-electron chi connectivity index (χ4n) is 5.20. The van der Waals surface area contributed by atoms with E-state index in [1.54, 1.807) is 7.05 Å². The molecular formula is C31H36N4O4S2. The molecule has 1 atom stereocenters. The van der Waals surface area contributed by atoms with Gasteiger partial charge in [-0.3, -0.25) is 9.59 Å². The standard InChI is InChI=1S/C31H36N4O4S2/c1-18-4-15-25(29(36)32-3)26(16-18)22-9-7-21(8-10-22)19(2)35(17-20-5-6-20)31-33-27(28(40-31)23-11-12-23)30(37)34-41(38,39)24-13-14-24/h4,7-10,15-16,19-20,23-24H,5-6,11-14,17H2,1-3H3,(H,32,36)(H,34,37)/t19-/m1/s1. The van der Waals surface area contributed by atoms with Crippen molar-refractivity contribution >= 4 is 38.3 Å². The van der Waals surface area contributed by atoms with Crippen LogP contribution in [0.1, 0.15) is 94.3 Å². The van der Waals surface area contributed by atoms with Gasteiger partial charge in [-0.25, -0.2) is 18.1 Å². The molecule has 2 N–H and O–H groups in total. The van der Waals surface area contributed by atoms with Gasteiger partial charge < -0.3 is 10.2 Å². The van der Waals surface area contributed by atoms with Gasteiger partial charge in [0.25, 0.3) is 11.8 Å². The number of aryl methyl sites for hydroxylation is 1. The van der Waals surface area contributed by atoms with E-state index in [-0.39, 0.29) is 23.6 Å². The Morgan fingerprint density at radius 1 is 1.02 bits per heavy atom. The van der Waals surface area contributed by atoms with Crippen molar-refractivity contribution in [1.29, 1.82) is 0 Å². The summed E-state index contributed by atoms with van der Waals surface area (Å²) in [5.74, 6) is 0.134. The zero-order valence-electron chi connectivity index (χ0n) is 23.6. The van der Waals surface area contributed by atoms with Gasteiger partial charge >= 0.3 is 0 Å². The Balaban J connectivity index is 1.29. The number of sulfonamides is 1. The molecule has 0 unspecified atom stereocenters. The van der Waals surface area contributed by atoms with Crippen LogP contribution in [0.3, 0.4) is 0 Å². The average Bonchev–Trinajstić information content (AvgIpc) is 3.81. The largest absolute Gasteiger partial charge is 0.355 e. The van der Waals surface area contributed by atoms with E-state index in [1.165, 1.54) is 24.2 Å². The lowest BCUT2D eigenvalue weighted by atomic mass is 9.95. The molecule has 0 bridgehead atoms. The first-order valence-corrected chi connectivity index (χ1v) is 16.8. The van der Waals surface area contributed by atoms with Crippen molar-refractivity contribution in [2.75, 3.05) is 18.5 Å². The molecule has 0 radical (unpaired) electrons. The normalized spacial score (nSPS) is 17.6. The molecule has 41 heavy (non-hydrogen) atoms. The Labute approximate surface area is 245 Å². The number of amides is 2. The highest BCUT2D eigenvalue weighted by Gasteiger charge is 2.40. The van der Waals surface area contributed by atoms with Crippen LogP contribution in [0.4, 0.5) is 5.13 Å². The number of thiazole rings is 1. The summed E-state index contributed by atoms with van der Waals surface area (Å²) in [7, 11) is -2.01. The van der Waals surface area contributed by atoms with E-state index in [1.807, 2.05) is 25.1 Å². The highest BCUT2D eigenvalue weighted by molar-refractivity contribution is 7.91. The molecule has 0 saturated heterocycles. The molecule has 8 nitrogen and oxygen atoms in total. The van der Waals surface area contributed by atoms with Gasteiger partial charge in [0.15, 0.2) is 5.13 Å². The lowest BCUT2D eigenvalue weighted by Crippen LogP contribution is -2.34. The van der Waals surface area contributed by atoms with Crippen LogP contribution >= 0.6 is 11.3 Å². The van der Waals surface area contributed by atoms with E-state index in [9.17, 15) is 18.0 Å². The number of nitrogens with one attached hydrogen (secondary N) is 2. The van der Waals surface area contributed by atoms with Crippen molar-refractivity contribution in [3.63, 3.8) is 0 Å². The molecule has 6 rings (SSSR count). The Hall–Kier alpha value is -3.24. The van der Waals surface area contributed by atoms with Crippen LogP contribution < -0.4 is 14.9 Å². The molecule has 2 aromatic carbocycles. The second kappa shape index (κ2) is 10.9. The van der Waals surface area contributed by atoms with E-state index in [4.69, 9.17) is 4.98 Å². The van der Waals surface area contributed by atoms with Crippen molar-refractivity contribution in [2.24, 2.45) is 5.92 Å². The molecule has 0 aliphatic heterocycles. The lowest BCUT2D eigenvalue weighted by Gasteiger charge is -2.29. The summed E-state index contributed by atoms with van der Waals surface area (Å²) < 4.78 is 27.3. The Morgan fingerprint density at radius 2 is 1.73 bits per heavy atom. The Kier molecular flexibility index (Phi) is 7.40. The first-order chi connectivity index (χ1) is 19.6. The molecule has 216 valence electrons. The van der Waals surface area contributed by atoms with Crippen molar-refractivity contribution in [3.05, 3.63) is 69.7 Å². The van der Waals surface area contributed by atoms with E-state index < -0.39 is 21.2 Å². The number of rotatable bonds is 11. The molecule has 1 aromatic heterocycles. The minimum atomic E-state index is -3.65. The van der Waals surface area contributed by atoms with E-state index in [2.05, 4.69) is 46.1 Å². The molecule has 1 heterocycles. The van der Waals surface area contributed by atoms with Crippen LogP contribution in [0.25, 0.3) is 11.1 Å². The number of anilines is 1. The summed E-state index contributed by atoms with van der Waals surface area (Å²) in [5, 5.41) is 3.04. The van der Waals surface area contributed by atoms with Crippen molar-refractivity contribution in [1.82, 2.24) is 15.0 Å². The number of benzene rings is 2. The number of carbonyl (C=O) groups excluding carboxylic acids is 2. The fraction of sp³-hybridized carbons (Fsp3) is 0.452. The van der Waals surface area contributed by atoms with Gasteiger partial charge in [0, 0.05) is 24.0 Å².